The molecule has 5 nitrogen and oxygen atoms in total. The Balaban J connectivity index is 1.22. The molecule has 8 aromatic rings. The van der Waals surface area contributed by atoms with Crippen LogP contribution in [0.1, 0.15) is 27.8 Å². The number of fused-ring (bicyclic) bond motifs is 9. The minimum absolute atomic E-state index is 0.573. The maximum Gasteiger partial charge on any atom is 0.164 e. The first kappa shape index (κ1) is 29.7. The molecule has 0 unspecified atom stereocenters. The minimum atomic E-state index is -0.603. The second kappa shape index (κ2) is 11.7. The molecule has 7 aromatic carbocycles. The molecular weight excluding hydrogens is 637 g/mol. The first-order chi connectivity index (χ1) is 25.7. The lowest BCUT2D eigenvalue weighted by atomic mass is 9.66. The standard InChI is InChI=1S/C47H28N4O/c48-29-30-22-24-31(25-23-30)34-14-4-5-16-37(34)46-50-44(32-12-2-1-3-13-32)49-45(51-46)33-26-27-36-35-15-6-7-17-38(35)47(41(36)28-33)39-18-8-10-20-42(39)52-43-21-11-9-19-40(43)47/h1-28H. The van der Waals surface area contributed by atoms with Gasteiger partial charge in [0.25, 0.3) is 0 Å². The smallest absolute Gasteiger partial charge is 0.164 e. The van der Waals surface area contributed by atoms with E-state index >= 15 is 0 Å². The predicted molar refractivity (Wildman–Crippen MR) is 204 cm³/mol. The Morgan fingerprint density at radius 3 is 1.62 bits per heavy atom. The normalized spacial score (nSPS) is 12.9. The SMILES string of the molecule is N#Cc1ccc(-c2ccccc2-c2nc(-c3ccccc3)nc(-c3ccc4c(c3)C3(c5ccccc5Oc5ccccc53)c3ccccc3-4)n2)cc1. The summed E-state index contributed by atoms with van der Waals surface area (Å²) in [6, 6.07) is 60.1. The molecule has 10 rings (SSSR count). The average molecular weight is 665 g/mol. The molecule has 0 saturated carbocycles. The molecule has 1 spiro atoms. The van der Waals surface area contributed by atoms with Crippen LogP contribution in [0.5, 0.6) is 11.5 Å². The van der Waals surface area contributed by atoms with Gasteiger partial charge in [0.2, 0.25) is 0 Å². The first-order valence-corrected chi connectivity index (χ1v) is 17.3. The molecule has 1 aliphatic carbocycles. The number of hydrogen-bond donors (Lipinski definition) is 0. The van der Waals surface area contributed by atoms with Gasteiger partial charge >= 0.3 is 0 Å². The minimum Gasteiger partial charge on any atom is -0.457 e. The molecule has 0 amide bonds. The van der Waals surface area contributed by atoms with Crippen molar-refractivity contribution in [2.75, 3.05) is 0 Å². The van der Waals surface area contributed by atoms with Gasteiger partial charge in [-0.15, -0.1) is 0 Å². The highest BCUT2D eigenvalue weighted by Gasteiger charge is 2.51. The van der Waals surface area contributed by atoms with Crippen molar-refractivity contribution in [2.45, 2.75) is 5.41 Å². The van der Waals surface area contributed by atoms with Crippen LogP contribution in [0, 0.1) is 11.3 Å². The predicted octanol–water partition coefficient (Wildman–Crippen LogP) is 10.9. The summed E-state index contributed by atoms with van der Waals surface area (Å²) in [6.45, 7) is 0. The topological polar surface area (TPSA) is 71.7 Å². The Kier molecular flexibility index (Phi) is 6.70. The summed E-state index contributed by atoms with van der Waals surface area (Å²) < 4.78 is 6.55. The van der Waals surface area contributed by atoms with E-state index < -0.39 is 5.41 Å². The Labute approximate surface area is 301 Å². The Hall–Kier alpha value is -7.16. The summed E-state index contributed by atoms with van der Waals surface area (Å²) in [7, 11) is 0. The van der Waals surface area contributed by atoms with Crippen LogP contribution in [0.15, 0.2) is 170 Å². The Bertz CT molecular complexity index is 2680. The third-order valence-corrected chi connectivity index (χ3v) is 10.3. The summed E-state index contributed by atoms with van der Waals surface area (Å²) in [6.07, 6.45) is 0. The molecule has 0 bridgehead atoms. The van der Waals surface area contributed by atoms with Gasteiger partial charge in [-0.2, -0.15) is 5.26 Å². The Morgan fingerprint density at radius 2 is 0.923 bits per heavy atom. The number of ether oxygens (including phenoxy) is 1. The van der Waals surface area contributed by atoms with E-state index in [1.54, 1.807) is 0 Å². The average Bonchev–Trinajstić information content (AvgIpc) is 3.51. The van der Waals surface area contributed by atoms with E-state index in [0.29, 0.717) is 23.0 Å². The van der Waals surface area contributed by atoms with E-state index in [1.165, 1.54) is 16.7 Å². The highest BCUT2D eigenvalue weighted by molar-refractivity contribution is 5.90. The van der Waals surface area contributed by atoms with Crippen LogP contribution in [0.25, 0.3) is 56.4 Å². The molecular formula is C47H28N4O. The molecule has 0 radical (unpaired) electrons. The zero-order valence-electron chi connectivity index (χ0n) is 27.9. The van der Waals surface area contributed by atoms with Gasteiger partial charge in [-0.05, 0) is 63.7 Å². The number of nitrogens with zero attached hydrogens (tertiary/aromatic N) is 4. The van der Waals surface area contributed by atoms with E-state index in [1.807, 2.05) is 84.9 Å². The van der Waals surface area contributed by atoms with Crippen molar-refractivity contribution in [3.63, 3.8) is 0 Å². The highest BCUT2D eigenvalue weighted by atomic mass is 16.5. The third-order valence-electron chi connectivity index (χ3n) is 10.3. The number of nitriles is 1. The van der Waals surface area contributed by atoms with Crippen molar-refractivity contribution in [2.24, 2.45) is 0 Å². The van der Waals surface area contributed by atoms with Crippen molar-refractivity contribution in [3.8, 4) is 74.0 Å². The van der Waals surface area contributed by atoms with Crippen LogP contribution in [0.2, 0.25) is 0 Å². The van der Waals surface area contributed by atoms with E-state index in [2.05, 4.69) is 91.0 Å². The fourth-order valence-electron chi connectivity index (χ4n) is 7.99. The maximum atomic E-state index is 9.41. The van der Waals surface area contributed by atoms with Crippen LogP contribution in [0.3, 0.4) is 0 Å². The van der Waals surface area contributed by atoms with Gasteiger partial charge in [-0.1, -0.05) is 140 Å². The molecule has 242 valence electrons. The molecule has 0 atom stereocenters. The van der Waals surface area contributed by atoms with Gasteiger partial charge in [0, 0.05) is 27.8 Å². The summed E-state index contributed by atoms with van der Waals surface area (Å²) >= 11 is 0. The zero-order valence-corrected chi connectivity index (χ0v) is 27.9. The second-order valence-electron chi connectivity index (χ2n) is 13.1. The van der Waals surface area contributed by atoms with Crippen molar-refractivity contribution in [1.29, 1.82) is 5.26 Å². The number of hydrogen-bond acceptors (Lipinski definition) is 5. The fourth-order valence-corrected chi connectivity index (χ4v) is 7.99. The van der Waals surface area contributed by atoms with Crippen LogP contribution in [0.4, 0.5) is 0 Å². The molecule has 0 N–H and O–H groups in total. The van der Waals surface area contributed by atoms with E-state index in [-0.39, 0.29) is 0 Å². The van der Waals surface area contributed by atoms with Crippen molar-refractivity contribution < 1.29 is 4.74 Å². The van der Waals surface area contributed by atoms with Gasteiger partial charge in [-0.3, -0.25) is 0 Å². The fraction of sp³-hybridized carbons (Fsp3) is 0.0213. The van der Waals surface area contributed by atoms with Gasteiger partial charge in [0.05, 0.1) is 17.0 Å². The Morgan fingerprint density at radius 1 is 0.404 bits per heavy atom. The van der Waals surface area contributed by atoms with Gasteiger partial charge in [0.15, 0.2) is 17.5 Å². The zero-order chi connectivity index (χ0) is 34.6. The molecule has 5 heteroatoms. The highest BCUT2D eigenvalue weighted by Crippen LogP contribution is 2.62. The summed E-state index contributed by atoms with van der Waals surface area (Å²) in [5.41, 5.74) is 11.6. The first-order valence-electron chi connectivity index (χ1n) is 17.3. The summed E-state index contributed by atoms with van der Waals surface area (Å²) in [5, 5.41) is 9.41. The molecule has 1 aliphatic heterocycles. The summed E-state index contributed by atoms with van der Waals surface area (Å²) in [5.74, 6) is 3.45. The maximum absolute atomic E-state index is 9.41. The molecule has 2 heterocycles. The second-order valence-corrected chi connectivity index (χ2v) is 13.1. The third kappa shape index (κ3) is 4.45. The number of aromatic nitrogens is 3. The van der Waals surface area contributed by atoms with Gasteiger partial charge in [-0.25, -0.2) is 15.0 Å². The quantitative estimate of drug-likeness (QED) is 0.187. The lowest BCUT2D eigenvalue weighted by molar-refractivity contribution is 0.436. The van der Waals surface area contributed by atoms with Crippen LogP contribution >= 0.6 is 0 Å². The monoisotopic (exact) mass is 664 g/mol. The summed E-state index contributed by atoms with van der Waals surface area (Å²) in [4.78, 5) is 15.4. The number of para-hydroxylation sites is 2. The van der Waals surface area contributed by atoms with E-state index in [9.17, 15) is 5.26 Å². The molecule has 52 heavy (non-hydrogen) atoms. The number of rotatable bonds is 4. The van der Waals surface area contributed by atoms with Crippen LogP contribution in [-0.2, 0) is 5.41 Å². The van der Waals surface area contributed by atoms with Crippen molar-refractivity contribution in [3.05, 3.63) is 198 Å². The van der Waals surface area contributed by atoms with Gasteiger partial charge < -0.3 is 4.74 Å². The van der Waals surface area contributed by atoms with Crippen molar-refractivity contribution in [1.82, 2.24) is 15.0 Å². The van der Waals surface area contributed by atoms with Crippen molar-refractivity contribution >= 4 is 0 Å². The van der Waals surface area contributed by atoms with Crippen LogP contribution in [-0.4, -0.2) is 15.0 Å². The van der Waals surface area contributed by atoms with E-state index in [0.717, 1.165) is 56.0 Å². The van der Waals surface area contributed by atoms with Crippen LogP contribution < -0.4 is 4.74 Å². The molecule has 1 aromatic heterocycles. The van der Waals surface area contributed by atoms with Gasteiger partial charge in [0.1, 0.15) is 11.5 Å². The lowest BCUT2D eigenvalue weighted by Gasteiger charge is -2.39. The molecule has 0 fully saturated rings. The lowest BCUT2D eigenvalue weighted by Crippen LogP contribution is -2.32. The largest absolute Gasteiger partial charge is 0.457 e. The molecule has 0 saturated heterocycles. The molecule has 2 aliphatic rings. The van der Waals surface area contributed by atoms with E-state index in [4.69, 9.17) is 19.7 Å². The number of benzene rings is 7.